The lowest BCUT2D eigenvalue weighted by molar-refractivity contribution is -0.152. The molecule has 0 bridgehead atoms. The predicted molar refractivity (Wildman–Crippen MR) is 220 cm³/mol. The van der Waals surface area contributed by atoms with E-state index in [2.05, 4.69) is 9.47 Å². The largest absolute Gasteiger partial charge is 0.507 e. The van der Waals surface area contributed by atoms with Crippen molar-refractivity contribution < 1.29 is 90.0 Å². The minimum Gasteiger partial charge on any atom is -0.507 e. The van der Waals surface area contributed by atoms with Gasteiger partial charge in [0, 0.05) is 31.1 Å². The summed E-state index contributed by atoms with van der Waals surface area (Å²) in [5.41, 5.74) is -0.00972. The van der Waals surface area contributed by atoms with Crippen LogP contribution in [0.15, 0.2) is 60.7 Å². The average molecular weight is 909 g/mol. The zero-order valence-electron chi connectivity index (χ0n) is 36.1. The van der Waals surface area contributed by atoms with E-state index in [1.54, 1.807) is 59.8 Å². The molecule has 3 N–H and O–H groups in total. The molecule has 15 nitrogen and oxygen atoms in total. The first kappa shape index (κ1) is 51.0. The first-order chi connectivity index (χ1) is 30.1. The number of aromatic hydroxyl groups is 1. The number of phenolic OH excluding ortho intramolecular Hbond substituents is 1. The van der Waals surface area contributed by atoms with Crippen molar-refractivity contribution in [3.63, 3.8) is 0 Å². The third kappa shape index (κ3) is 14.2. The lowest BCUT2D eigenvalue weighted by atomic mass is 9.99. The van der Waals surface area contributed by atoms with Crippen LogP contribution in [0.3, 0.4) is 0 Å². The summed E-state index contributed by atoms with van der Waals surface area (Å²) in [6.45, 7) is 3.69. The van der Waals surface area contributed by atoms with Crippen LogP contribution in [0, 0.1) is 11.8 Å². The number of ketones is 2. The van der Waals surface area contributed by atoms with Crippen LogP contribution in [0.5, 0.6) is 23.0 Å². The number of rotatable bonds is 7. The van der Waals surface area contributed by atoms with Crippen molar-refractivity contribution in [2.45, 2.75) is 110 Å². The molecule has 2 aromatic rings. The van der Waals surface area contributed by atoms with Gasteiger partial charge in [0.2, 0.25) is 0 Å². The molecule has 19 heteroatoms. The Morgan fingerprint density at radius 3 is 1.80 bits per heavy atom. The number of benzene rings is 2. The molecule has 350 valence electrons. The second kappa shape index (κ2) is 22.8. The van der Waals surface area contributed by atoms with E-state index >= 15 is 0 Å². The van der Waals surface area contributed by atoms with E-state index in [9.17, 15) is 52.1 Å². The third-order valence-electron chi connectivity index (χ3n) is 10.1. The van der Waals surface area contributed by atoms with E-state index in [4.69, 9.17) is 28.4 Å². The lowest BCUT2D eigenvalue weighted by Crippen LogP contribution is -2.32. The fraction of sp³-hybridized carbons (Fsp3) is 0.467. The van der Waals surface area contributed by atoms with Crippen LogP contribution in [0.4, 0.5) is 17.6 Å². The molecule has 3 heterocycles. The Bertz CT molecular complexity index is 2100. The average Bonchev–Trinajstić information content (AvgIpc) is 3.52. The number of cyclic esters (lactones) is 2. The van der Waals surface area contributed by atoms with Gasteiger partial charge in [-0.2, -0.15) is 17.6 Å². The Labute approximate surface area is 366 Å². The zero-order chi connectivity index (χ0) is 47.5. The Balaban J connectivity index is 0.000000286. The molecule has 0 radical (unpaired) electrons. The van der Waals surface area contributed by atoms with Gasteiger partial charge in [-0.25, -0.2) is 9.59 Å². The molecule has 0 aliphatic carbocycles. The normalized spacial score (nSPS) is 28.4. The summed E-state index contributed by atoms with van der Waals surface area (Å²) in [5, 5.41) is 30.1. The fourth-order valence-corrected chi connectivity index (χ4v) is 6.42. The van der Waals surface area contributed by atoms with Gasteiger partial charge < -0.3 is 53.2 Å². The topological polar surface area (TPSA) is 203 Å². The number of methoxy groups -OCH3 is 1. The molecule has 3 aliphatic heterocycles. The van der Waals surface area contributed by atoms with E-state index in [1.807, 2.05) is 0 Å². The number of fused-ring (bicyclic) bond motifs is 3. The number of hydrogen-bond acceptors (Lipinski definition) is 15. The number of carbonyl (C=O) groups is 4. The molecule has 1 saturated heterocycles. The van der Waals surface area contributed by atoms with Gasteiger partial charge in [0.25, 0.3) is 0 Å². The summed E-state index contributed by atoms with van der Waals surface area (Å²) in [7, 11) is 1.38. The second-order valence-electron chi connectivity index (χ2n) is 15.4. The van der Waals surface area contributed by atoms with Crippen molar-refractivity contribution in [3.8, 4) is 23.0 Å². The van der Waals surface area contributed by atoms with Crippen LogP contribution < -0.4 is 14.2 Å². The molecule has 0 spiro atoms. The summed E-state index contributed by atoms with van der Waals surface area (Å²) in [5.74, 6) is -5.55. The van der Waals surface area contributed by atoms with Crippen LogP contribution in [-0.4, -0.2) is 108 Å². The number of aliphatic hydroxyl groups excluding tert-OH is 2. The number of aliphatic hydroxyl groups is 2. The highest BCUT2D eigenvalue weighted by atomic mass is 19.3. The van der Waals surface area contributed by atoms with Crippen LogP contribution in [-0.2, 0) is 33.3 Å². The second-order valence-corrected chi connectivity index (χ2v) is 15.4. The minimum atomic E-state index is -3.14. The van der Waals surface area contributed by atoms with Crippen molar-refractivity contribution in [2.24, 2.45) is 11.8 Å². The number of esters is 2. The number of hydrogen-bond donors (Lipinski definition) is 3. The van der Waals surface area contributed by atoms with Crippen LogP contribution in [0.2, 0.25) is 0 Å². The summed E-state index contributed by atoms with van der Waals surface area (Å²) in [6.07, 6.45) is 5.63. The Morgan fingerprint density at radius 2 is 1.23 bits per heavy atom. The van der Waals surface area contributed by atoms with Gasteiger partial charge in [-0.15, -0.1) is 0 Å². The van der Waals surface area contributed by atoms with Gasteiger partial charge in [-0.05, 0) is 75.9 Å². The zero-order valence-corrected chi connectivity index (χ0v) is 36.1. The summed E-state index contributed by atoms with van der Waals surface area (Å²) in [6, 6.07) is 4.44. The number of ether oxygens (including phenoxy) is 8. The number of alkyl halides is 4. The maximum Gasteiger partial charge on any atom is 0.387 e. The maximum absolute atomic E-state index is 13.2. The smallest absolute Gasteiger partial charge is 0.387 e. The number of phenols is 1. The molecule has 0 aromatic heterocycles. The van der Waals surface area contributed by atoms with Gasteiger partial charge in [0.05, 0.1) is 12.2 Å². The quantitative estimate of drug-likeness (QED) is 0.146. The van der Waals surface area contributed by atoms with E-state index in [-0.39, 0.29) is 70.8 Å². The molecule has 5 rings (SSSR count). The molecule has 0 saturated carbocycles. The minimum absolute atomic E-state index is 0.00567. The van der Waals surface area contributed by atoms with Crippen LogP contribution >= 0.6 is 0 Å². The van der Waals surface area contributed by atoms with Crippen LogP contribution in [0.25, 0.3) is 12.2 Å². The molecule has 1 fully saturated rings. The van der Waals surface area contributed by atoms with Gasteiger partial charge in [0.1, 0.15) is 58.5 Å². The molecular formula is C45H52F4O15. The van der Waals surface area contributed by atoms with Crippen molar-refractivity contribution in [3.05, 3.63) is 83.0 Å². The lowest BCUT2D eigenvalue weighted by Gasteiger charge is -2.21. The van der Waals surface area contributed by atoms with Crippen LogP contribution in [0.1, 0.15) is 86.2 Å². The standard InChI is InChI=1S/C25H30F2O8.C20H22F2O7/c1-14-9-10-18(28)22-19(34-25(3,4)35-22)8-6-7-16-11-17(33-24(26)27)12-20(31-13-30-5)21(16)23(29)32-15(14)2;1-10-6-7-15(24)18(26)14(23)5-3-4-12-8-13(29-20(21)22)9-16(25)17(12)19(27)28-11(10)2/h6-7,9-12,14-15,19,22,24H,8,13H2,1-5H3;3-4,6-11,14,18,20,23,25-26H,5H2,1-2H3/b7-6+,10-9-;4-3+,7-6-/t14-,15+,19+,22-;10-,11+,14+,18+/m11/s1. The van der Waals surface area contributed by atoms with Crippen molar-refractivity contribution >= 4 is 35.7 Å². The molecule has 2 aromatic carbocycles. The Hall–Kier alpha value is -5.60. The van der Waals surface area contributed by atoms with Gasteiger partial charge in [0.15, 0.2) is 24.1 Å². The van der Waals surface area contributed by atoms with Gasteiger partial charge in [-0.1, -0.05) is 50.3 Å². The molecule has 0 amide bonds. The fourth-order valence-electron chi connectivity index (χ4n) is 6.42. The molecule has 3 aliphatic rings. The first-order valence-electron chi connectivity index (χ1n) is 20.1. The van der Waals surface area contributed by atoms with Crippen molar-refractivity contribution in [1.82, 2.24) is 0 Å². The summed E-state index contributed by atoms with van der Waals surface area (Å²) < 4.78 is 92.9. The monoisotopic (exact) mass is 908 g/mol. The first-order valence-corrected chi connectivity index (χ1v) is 20.1. The van der Waals surface area contributed by atoms with Gasteiger partial charge in [-0.3, -0.25) is 9.59 Å². The molecule has 8 atom stereocenters. The Kier molecular flexibility index (Phi) is 18.2. The summed E-state index contributed by atoms with van der Waals surface area (Å²) in [4.78, 5) is 50.5. The SMILES string of the molecule is COCOc1cc(OC(F)F)cc2c1C(=O)O[C@@H](C)[C@H](C)/C=C\C(=O)[C@H]1OC(C)(C)O[C@H]1C/C=C/2.C[C@@H]1/C=C\C(=O)[C@@H](O)[C@@H](O)C/C=C/c2cc(OC(F)F)cc(O)c2C(=O)O[C@H]1C. The highest BCUT2D eigenvalue weighted by Gasteiger charge is 2.44. The van der Waals surface area contributed by atoms with E-state index in [0.29, 0.717) is 0 Å². The molecule has 0 unspecified atom stereocenters. The Morgan fingerprint density at radius 1 is 0.719 bits per heavy atom. The maximum atomic E-state index is 13.2. The van der Waals surface area contributed by atoms with E-state index in [0.717, 1.165) is 18.2 Å². The third-order valence-corrected chi connectivity index (χ3v) is 10.1. The van der Waals surface area contributed by atoms with E-state index in [1.165, 1.54) is 43.5 Å². The van der Waals surface area contributed by atoms with Gasteiger partial charge >= 0.3 is 25.2 Å². The summed E-state index contributed by atoms with van der Waals surface area (Å²) >= 11 is 0. The predicted octanol–water partition coefficient (Wildman–Crippen LogP) is 6.95. The van der Waals surface area contributed by atoms with Crippen molar-refractivity contribution in [2.75, 3.05) is 13.9 Å². The van der Waals surface area contributed by atoms with E-state index < -0.39 is 85.0 Å². The highest BCUT2D eigenvalue weighted by Crippen LogP contribution is 2.36. The molecular weight excluding hydrogens is 856 g/mol. The highest BCUT2D eigenvalue weighted by molar-refractivity contribution is 5.98. The number of carbonyl (C=O) groups excluding carboxylic acids is 4. The molecule has 64 heavy (non-hydrogen) atoms. The number of halogens is 4. The van der Waals surface area contributed by atoms with Crippen molar-refractivity contribution in [1.29, 1.82) is 0 Å².